The van der Waals surface area contributed by atoms with Gasteiger partial charge >= 0.3 is 0 Å². The third-order valence-electron chi connectivity index (χ3n) is 6.72. The Hall–Kier alpha value is -3.33. The van der Waals surface area contributed by atoms with Gasteiger partial charge in [0, 0.05) is 42.5 Å². The molecule has 0 spiro atoms. The number of aromatic nitrogens is 3. The minimum atomic E-state index is -2.74. The normalized spacial score (nSPS) is 16.5. The van der Waals surface area contributed by atoms with Gasteiger partial charge in [0.15, 0.2) is 0 Å². The summed E-state index contributed by atoms with van der Waals surface area (Å²) in [6.07, 6.45) is 1.40. The number of benzene rings is 1. The SMILES string of the molecule is CCn1nc(C(C(=O)Nc2ccc(-c3c(Cl)ccnc3C)cc2)C2CCC(F)(F)CC2)cc1C(N)=O. The van der Waals surface area contributed by atoms with Crippen molar-refractivity contribution in [3.05, 3.63) is 64.7 Å². The summed E-state index contributed by atoms with van der Waals surface area (Å²) in [4.78, 5) is 29.7. The van der Waals surface area contributed by atoms with Gasteiger partial charge in [0.2, 0.25) is 11.8 Å². The van der Waals surface area contributed by atoms with Crippen molar-refractivity contribution in [1.29, 1.82) is 0 Å². The lowest BCUT2D eigenvalue weighted by Crippen LogP contribution is -2.33. The number of carbonyl (C=O) groups excluding carboxylic acids is 2. The Balaban J connectivity index is 1.61. The van der Waals surface area contributed by atoms with Crippen LogP contribution in [0.25, 0.3) is 11.1 Å². The van der Waals surface area contributed by atoms with Crippen LogP contribution in [0, 0.1) is 12.8 Å². The third kappa shape index (κ3) is 5.41. The molecule has 1 unspecified atom stereocenters. The average Bonchev–Trinajstić information content (AvgIpc) is 3.25. The number of hydrogen-bond donors (Lipinski definition) is 2. The molecule has 0 bridgehead atoms. The fourth-order valence-corrected chi connectivity index (χ4v) is 5.14. The first-order chi connectivity index (χ1) is 17.1. The molecule has 7 nitrogen and oxygen atoms in total. The van der Waals surface area contributed by atoms with Crippen LogP contribution in [0.15, 0.2) is 42.6 Å². The highest BCUT2D eigenvalue weighted by molar-refractivity contribution is 6.33. The van der Waals surface area contributed by atoms with Gasteiger partial charge in [0.05, 0.1) is 16.6 Å². The number of nitrogens with one attached hydrogen (secondary N) is 1. The van der Waals surface area contributed by atoms with Gasteiger partial charge in [-0.15, -0.1) is 0 Å². The zero-order valence-electron chi connectivity index (χ0n) is 20.1. The van der Waals surface area contributed by atoms with Crippen molar-refractivity contribution >= 4 is 29.1 Å². The Morgan fingerprint density at radius 1 is 1.22 bits per heavy atom. The summed E-state index contributed by atoms with van der Waals surface area (Å²) < 4.78 is 29.2. The van der Waals surface area contributed by atoms with Crippen LogP contribution in [0.4, 0.5) is 14.5 Å². The van der Waals surface area contributed by atoms with Gasteiger partial charge in [-0.1, -0.05) is 23.7 Å². The Bertz CT molecular complexity index is 1250. The number of amides is 2. The Kier molecular flexibility index (Phi) is 7.40. The van der Waals surface area contributed by atoms with Gasteiger partial charge in [0.1, 0.15) is 5.69 Å². The van der Waals surface area contributed by atoms with E-state index < -0.39 is 17.7 Å². The molecule has 2 heterocycles. The first kappa shape index (κ1) is 25.8. The zero-order chi connectivity index (χ0) is 26.0. The first-order valence-corrected chi connectivity index (χ1v) is 12.2. The molecule has 0 aliphatic heterocycles. The van der Waals surface area contributed by atoms with Gasteiger partial charge in [0.25, 0.3) is 5.91 Å². The molecule has 0 radical (unpaired) electrons. The molecule has 3 aromatic rings. The Labute approximate surface area is 213 Å². The van der Waals surface area contributed by atoms with Crippen molar-refractivity contribution in [2.24, 2.45) is 11.7 Å². The molecule has 190 valence electrons. The Morgan fingerprint density at radius 3 is 2.44 bits per heavy atom. The highest BCUT2D eigenvalue weighted by Gasteiger charge is 2.41. The van der Waals surface area contributed by atoms with E-state index in [1.807, 2.05) is 19.1 Å². The van der Waals surface area contributed by atoms with E-state index in [-0.39, 0.29) is 43.2 Å². The predicted octanol–water partition coefficient (Wildman–Crippen LogP) is 5.57. The van der Waals surface area contributed by atoms with Crippen molar-refractivity contribution in [3.63, 3.8) is 0 Å². The number of hydrogen-bond acceptors (Lipinski definition) is 4. The topological polar surface area (TPSA) is 103 Å². The smallest absolute Gasteiger partial charge is 0.266 e. The molecule has 36 heavy (non-hydrogen) atoms. The second-order valence-corrected chi connectivity index (χ2v) is 9.53. The summed E-state index contributed by atoms with van der Waals surface area (Å²) in [5.41, 5.74) is 9.00. The van der Waals surface area contributed by atoms with Crippen molar-refractivity contribution in [2.45, 2.75) is 57.9 Å². The van der Waals surface area contributed by atoms with E-state index >= 15 is 0 Å². The minimum absolute atomic E-state index is 0.174. The standard InChI is InChI=1S/C26H28ClF2N5O2/c1-3-34-21(24(30)35)14-20(33-34)23(17-8-11-26(28,29)12-9-17)25(36)32-18-6-4-16(5-7-18)22-15(2)31-13-10-19(22)27/h4-7,10,13-14,17,23H,3,8-9,11-12H2,1-2H3,(H2,30,35)(H,32,36). The zero-order valence-corrected chi connectivity index (χ0v) is 20.9. The molecule has 3 N–H and O–H groups in total. The van der Waals surface area contributed by atoms with Crippen molar-refractivity contribution in [3.8, 4) is 11.1 Å². The number of aryl methyl sites for hydroxylation is 2. The molecule has 2 amide bonds. The van der Waals surface area contributed by atoms with E-state index in [0.29, 0.717) is 22.9 Å². The van der Waals surface area contributed by atoms with Crippen LogP contribution in [0.2, 0.25) is 5.02 Å². The molecule has 1 aliphatic rings. The quantitative estimate of drug-likeness (QED) is 0.429. The number of halogens is 3. The molecule has 0 saturated heterocycles. The number of carbonyl (C=O) groups is 2. The van der Waals surface area contributed by atoms with E-state index in [1.54, 1.807) is 31.3 Å². The van der Waals surface area contributed by atoms with Gasteiger partial charge in [-0.2, -0.15) is 5.10 Å². The molecule has 1 aliphatic carbocycles. The van der Waals surface area contributed by atoms with Crippen LogP contribution in [-0.2, 0) is 11.3 Å². The predicted molar refractivity (Wildman–Crippen MR) is 134 cm³/mol. The molecule has 1 fully saturated rings. The lowest BCUT2D eigenvalue weighted by molar-refractivity contribution is -0.120. The summed E-state index contributed by atoms with van der Waals surface area (Å²) >= 11 is 6.35. The molecule has 1 saturated carbocycles. The number of rotatable bonds is 7. The van der Waals surface area contributed by atoms with Crippen molar-refractivity contribution in [1.82, 2.24) is 14.8 Å². The highest BCUT2D eigenvalue weighted by atomic mass is 35.5. The monoisotopic (exact) mass is 515 g/mol. The average molecular weight is 516 g/mol. The van der Waals surface area contributed by atoms with Gasteiger partial charge in [-0.3, -0.25) is 19.3 Å². The second kappa shape index (κ2) is 10.3. The van der Waals surface area contributed by atoms with E-state index in [4.69, 9.17) is 17.3 Å². The van der Waals surface area contributed by atoms with Crippen molar-refractivity contribution < 1.29 is 18.4 Å². The first-order valence-electron chi connectivity index (χ1n) is 11.9. The molecule has 10 heteroatoms. The summed E-state index contributed by atoms with van der Waals surface area (Å²) in [5, 5.41) is 7.92. The Morgan fingerprint density at radius 2 is 1.89 bits per heavy atom. The number of alkyl halides is 2. The van der Waals surface area contributed by atoms with Crippen LogP contribution in [0.3, 0.4) is 0 Å². The van der Waals surface area contributed by atoms with Gasteiger partial charge in [-0.05, 0) is 62.4 Å². The fourth-order valence-electron chi connectivity index (χ4n) is 4.84. The summed E-state index contributed by atoms with van der Waals surface area (Å²) in [7, 11) is 0. The molecule has 4 rings (SSSR count). The maximum atomic E-state index is 13.9. The summed E-state index contributed by atoms with van der Waals surface area (Å²) in [5.74, 6) is -4.92. The largest absolute Gasteiger partial charge is 0.364 e. The maximum absolute atomic E-state index is 13.9. The van der Waals surface area contributed by atoms with Crippen LogP contribution >= 0.6 is 11.6 Å². The van der Waals surface area contributed by atoms with Crippen LogP contribution in [-0.4, -0.2) is 32.5 Å². The van der Waals surface area contributed by atoms with E-state index in [1.165, 1.54) is 10.7 Å². The number of pyridine rings is 1. The lowest BCUT2D eigenvalue weighted by atomic mass is 9.76. The van der Waals surface area contributed by atoms with E-state index in [2.05, 4.69) is 15.4 Å². The molecule has 1 aromatic carbocycles. The molecular formula is C26H28ClF2N5O2. The number of primary amides is 1. The second-order valence-electron chi connectivity index (χ2n) is 9.13. The maximum Gasteiger partial charge on any atom is 0.266 e. The van der Waals surface area contributed by atoms with Crippen LogP contribution < -0.4 is 11.1 Å². The summed E-state index contributed by atoms with van der Waals surface area (Å²) in [6, 6.07) is 10.4. The van der Waals surface area contributed by atoms with E-state index in [0.717, 1.165) is 16.8 Å². The molecule has 2 aromatic heterocycles. The molecular weight excluding hydrogens is 488 g/mol. The molecule has 1 atom stereocenters. The minimum Gasteiger partial charge on any atom is -0.364 e. The number of nitrogens with zero attached hydrogens (tertiary/aromatic N) is 3. The van der Waals surface area contributed by atoms with Crippen LogP contribution in [0.5, 0.6) is 0 Å². The fraction of sp³-hybridized carbons (Fsp3) is 0.385. The third-order valence-corrected chi connectivity index (χ3v) is 7.03. The van der Waals surface area contributed by atoms with Crippen molar-refractivity contribution in [2.75, 3.05) is 5.32 Å². The summed E-state index contributed by atoms with van der Waals surface area (Å²) in [6.45, 7) is 4.05. The highest BCUT2D eigenvalue weighted by Crippen LogP contribution is 2.42. The van der Waals surface area contributed by atoms with Crippen LogP contribution in [0.1, 0.15) is 60.4 Å². The van der Waals surface area contributed by atoms with Gasteiger partial charge in [-0.25, -0.2) is 8.78 Å². The van der Waals surface area contributed by atoms with E-state index in [9.17, 15) is 18.4 Å². The van der Waals surface area contributed by atoms with Gasteiger partial charge < -0.3 is 11.1 Å². The number of anilines is 1. The number of nitrogens with two attached hydrogens (primary N) is 1. The lowest BCUT2D eigenvalue weighted by Gasteiger charge is -2.32.